The lowest BCUT2D eigenvalue weighted by molar-refractivity contribution is 0.415. The van der Waals surface area contributed by atoms with Gasteiger partial charge in [-0.2, -0.15) is 5.26 Å². The quantitative estimate of drug-likeness (QED) is 0.738. The average molecular weight is 322 g/mol. The van der Waals surface area contributed by atoms with Crippen molar-refractivity contribution >= 4 is 23.4 Å². The van der Waals surface area contributed by atoms with Crippen molar-refractivity contribution in [3.63, 3.8) is 0 Å². The molecule has 0 spiro atoms. The van der Waals surface area contributed by atoms with Crippen molar-refractivity contribution in [1.82, 2.24) is 5.16 Å². The highest BCUT2D eigenvalue weighted by Gasteiger charge is 2.15. The molecule has 23 heavy (non-hydrogen) atoms. The molecule has 0 atom stereocenters. The monoisotopic (exact) mass is 321 g/mol. The lowest BCUT2D eigenvalue weighted by Gasteiger charge is -1.99. The van der Waals surface area contributed by atoms with Crippen LogP contribution in [0.5, 0.6) is 0 Å². The Hall–Kier alpha value is -3.03. The number of hydrogen-bond acceptors (Lipinski definition) is 4. The molecule has 0 radical (unpaired) electrons. The van der Waals surface area contributed by atoms with E-state index >= 15 is 0 Å². The number of anilines is 1. The van der Waals surface area contributed by atoms with Crippen molar-refractivity contribution in [2.24, 2.45) is 0 Å². The molecule has 4 nitrogen and oxygen atoms in total. The summed E-state index contributed by atoms with van der Waals surface area (Å²) in [5.74, 6) is 0.410. The molecule has 3 rings (SSSR count). The SMILES string of the molecule is N#Cc1c(-c2ccccc2)noc1C=CNc1ccc(Cl)cc1. The van der Waals surface area contributed by atoms with Gasteiger partial charge in [0.05, 0.1) is 0 Å². The van der Waals surface area contributed by atoms with E-state index in [0.29, 0.717) is 22.0 Å². The molecule has 0 unspecified atom stereocenters. The summed E-state index contributed by atoms with van der Waals surface area (Å²) in [5, 5.41) is 17.1. The van der Waals surface area contributed by atoms with Crippen LogP contribution in [0.25, 0.3) is 17.3 Å². The zero-order valence-corrected chi connectivity index (χ0v) is 12.8. The van der Waals surface area contributed by atoms with E-state index in [1.807, 2.05) is 42.5 Å². The number of hydrogen-bond donors (Lipinski definition) is 1. The maximum Gasteiger partial charge on any atom is 0.179 e. The third-order valence-corrected chi connectivity index (χ3v) is 3.46. The van der Waals surface area contributed by atoms with Crippen LogP contribution < -0.4 is 5.32 Å². The van der Waals surface area contributed by atoms with E-state index in [1.165, 1.54) is 0 Å². The second-order valence-corrected chi connectivity index (χ2v) is 5.17. The maximum atomic E-state index is 9.38. The molecule has 0 aliphatic carbocycles. The molecule has 112 valence electrons. The van der Waals surface area contributed by atoms with Gasteiger partial charge in [-0.1, -0.05) is 47.1 Å². The number of rotatable bonds is 4. The summed E-state index contributed by atoms with van der Waals surface area (Å²) in [4.78, 5) is 0. The van der Waals surface area contributed by atoms with Crippen LogP contribution in [0.2, 0.25) is 5.02 Å². The molecule has 0 fully saturated rings. The predicted octanol–water partition coefficient (Wildman–Crippen LogP) is 4.95. The van der Waals surface area contributed by atoms with Gasteiger partial charge in [-0.25, -0.2) is 0 Å². The van der Waals surface area contributed by atoms with Crippen molar-refractivity contribution in [1.29, 1.82) is 5.26 Å². The van der Waals surface area contributed by atoms with E-state index in [2.05, 4.69) is 16.5 Å². The lowest BCUT2D eigenvalue weighted by Crippen LogP contribution is -1.86. The van der Waals surface area contributed by atoms with Crippen molar-refractivity contribution in [3.05, 3.63) is 77.1 Å². The van der Waals surface area contributed by atoms with Crippen molar-refractivity contribution in [2.75, 3.05) is 5.32 Å². The number of nitriles is 1. The number of halogens is 1. The Balaban J connectivity index is 1.81. The number of nitrogens with one attached hydrogen (secondary N) is 1. The van der Waals surface area contributed by atoms with Crippen molar-refractivity contribution in [3.8, 4) is 17.3 Å². The maximum absolute atomic E-state index is 9.38. The van der Waals surface area contributed by atoms with E-state index < -0.39 is 0 Å². The van der Waals surface area contributed by atoms with Gasteiger partial charge in [-0.15, -0.1) is 0 Å². The molecule has 1 N–H and O–H groups in total. The number of nitrogens with zero attached hydrogens (tertiary/aromatic N) is 2. The molecule has 3 aromatic rings. The number of benzene rings is 2. The molecule has 0 aliphatic heterocycles. The van der Waals surface area contributed by atoms with Crippen LogP contribution >= 0.6 is 11.6 Å². The van der Waals surface area contributed by atoms with Gasteiger partial charge in [0.15, 0.2) is 5.76 Å². The standard InChI is InChI=1S/C18H12ClN3O/c19-14-6-8-15(9-7-14)21-11-10-17-16(12-20)18(22-23-17)13-4-2-1-3-5-13/h1-11,21H. The minimum atomic E-state index is 0.408. The van der Waals surface area contributed by atoms with E-state index in [4.69, 9.17) is 16.1 Å². The summed E-state index contributed by atoms with van der Waals surface area (Å²) in [6.07, 6.45) is 3.37. The van der Waals surface area contributed by atoms with Gasteiger partial charge < -0.3 is 9.84 Å². The number of aromatic nitrogens is 1. The summed E-state index contributed by atoms with van der Waals surface area (Å²) in [6, 6.07) is 18.9. The first-order valence-corrected chi connectivity index (χ1v) is 7.29. The molecule has 0 saturated heterocycles. The summed E-state index contributed by atoms with van der Waals surface area (Å²) < 4.78 is 5.28. The molecule has 0 aliphatic rings. The highest BCUT2D eigenvalue weighted by molar-refractivity contribution is 6.30. The Bertz CT molecular complexity index is 862. The van der Waals surface area contributed by atoms with Gasteiger partial charge in [0.25, 0.3) is 0 Å². The van der Waals surface area contributed by atoms with Crippen LogP contribution in [0, 0.1) is 11.3 Å². The third-order valence-electron chi connectivity index (χ3n) is 3.21. The Labute approximate surface area is 138 Å². The van der Waals surface area contributed by atoms with Crippen LogP contribution in [0.4, 0.5) is 5.69 Å². The highest BCUT2D eigenvalue weighted by atomic mass is 35.5. The first kappa shape index (κ1) is 14.9. The fraction of sp³-hybridized carbons (Fsp3) is 0. The minimum Gasteiger partial charge on any atom is -0.362 e. The molecule has 0 bridgehead atoms. The van der Waals surface area contributed by atoms with Crippen LogP contribution in [-0.4, -0.2) is 5.16 Å². The van der Waals surface area contributed by atoms with E-state index in [-0.39, 0.29) is 0 Å². The molecule has 1 aromatic heterocycles. The first-order chi connectivity index (χ1) is 11.3. The molecular weight excluding hydrogens is 310 g/mol. The van der Waals surface area contributed by atoms with Gasteiger partial charge in [-0.05, 0) is 24.3 Å². The average Bonchev–Trinajstić information content (AvgIpc) is 3.00. The zero-order valence-electron chi connectivity index (χ0n) is 12.0. The molecule has 1 heterocycles. The summed E-state index contributed by atoms with van der Waals surface area (Å²) in [6.45, 7) is 0. The fourth-order valence-electron chi connectivity index (χ4n) is 2.08. The second kappa shape index (κ2) is 6.82. The summed E-state index contributed by atoms with van der Waals surface area (Å²) in [7, 11) is 0. The molecule has 2 aromatic carbocycles. The van der Waals surface area contributed by atoms with Crippen molar-refractivity contribution < 1.29 is 4.52 Å². The van der Waals surface area contributed by atoms with Crippen LogP contribution in [-0.2, 0) is 0 Å². The molecule has 0 saturated carbocycles. The van der Waals surface area contributed by atoms with Crippen molar-refractivity contribution in [2.45, 2.75) is 0 Å². The van der Waals surface area contributed by atoms with Crippen LogP contribution in [0.3, 0.4) is 0 Å². The van der Waals surface area contributed by atoms with Gasteiger partial charge >= 0.3 is 0 Å². The van der Waals surface area contributed by atoms with E-state index in [0.717, 1.165) is 11.3 Å². The first-order valence-electron chi connectivity index (χ1n) is 6.92. The largest absolute Gasteiger partial charge is 0.362 e. The highest BCUT2D eigenvalue weighted by Crippen LogP contribution is 2.25. The molecule has 0 amide bonds. The summed E-state index contributed by atoms with van der Waals surface area (Å²) >= 11 is 5.84. The zero-order chi connectivity index (χ0) is 16.1. The Morgan fingerprint density at radius 1 is 1.09 bits per heavy atom. The van der Waals surface area contributed by atoms with E-state index in [1.54, 1.807) is 24.4 Å². The lowest BCUT2D eigenvalue weighted by atomic mass is 10.1. The summed E-state index contributed by atoms with van der Waals surface area (Å²) in [5.41, 5.74) is 2.68. The fourth-order valence-corrected chi connectivity index (χ4v) is 2.20. The van der Waals surface area contributed by atoms with E-state index in [9.17, 15) is 5.26 Å². The second-order valence-electron chi connectivity index (χ2n) is 4.73. The smallest absolute Gasteiger partial charge is 0.179 e. The van der Waals surface area contributed by atoms with Gasteiger partial charge in [0, 0.05) is 28.5 Å². The third kappa shape index (κ3) is 3.42. The van der Waals surface area contributed by atoms with Crippen LogP contribution in [0.15, 0.2) is 65.3 Å². The Kier molecular flexibility index (Phi) is 4.41. The van der Waals surface area contributed by atoms with Gasteiger partial charge in [0.2, 0.25) is 0 Å². The minimum absolute atomic E-state index is 0.408. The Morgan fingerprint density at radius 2 is 1.83 bits per heavy atom. The van der Waals surface area contributed by atoms with Gasteiger partial charge in [-0.3, -0.25) is 0 Å². The molecular formula is C18H12ClN3O. The van der Waals surface area contributed by atoms with Gasteiger partial charge in [0.1, 0.15) is 17.3 Å². The predicted molar refractivity (Wildman–Crippen MR) is 90.8 cm³/mol. The molecule has 5 heteroatoms. The topological polar surface area (TPSA) is 61.9 Å². The van der Waals surface area contributed by atoms with Crippen LogP contribution in [0.1, 0.15) is 11.3 Å². The Morgan fingerprint density at radius 3 is 2.52 bits per heavy atom. The normalized spacial score (nSPS) is 10.6.